The minimum absolute atomic E-state index is 0.620. The summed E-state index contributed by atoms with van der Waals surface area (Å²) in [6, 6.07) is 9.59. The van der Waals surface area contributed by atoms with Gasteiger partial charge in [0, 0.05) is 38.3 Å². The van der Waals surface area contributed by atoms with Crippen molar-refractivity contribution in [3.63, 3.8) is 0 Å². The second-order valence-electron chi connectivity index (χ2n) is 6.15. The average Bonchev–Trinajstić information content (AvgIpc) is 2.47. The summed E-state index contributed by atoms with van der Waals surface area (Å²) in [6.45, 7) is 9.51. The van der Waals surface area contributed by atoms with E-state index < -0.39 is 0 Å². The van der Waals surface area contributed by atoms with E-state index in [2.05, 4.69) is 60.3 Å². The third kappa shape index (κ3) is 4.70. The zero-order valence-electron chi connectivity index (χ0n) is 13.8. The van der Waals surface area contributed by atoms with Gasteiger partial charge in [0.2, 0.25) is 0 Å². The highest BCUT2D eigenvalue weighted by atomic mass is 16.5. The molecule has 1 aliphatic rings. The number of hydrogen-bond donors (Lipinski definition) is 1. The Kier molecular flexibility index (Phi) is 6.03. The van der Waals surface area contributed by atoms with Gasteiger partial charge in [0.15, 0.2) is 0 Å². The van der Waals surface area contributed by atoms with Gasteiger partial charge in [-0.3, -0.25) is 9.80 Å². The minimum Gasteiger partial charge on any atom is -0.492 e. The summed E-state index contributed by atoms with van der Waals surface area (Å²) in [6.07, 6.45) is 0. The Bertz CT molecular complexity index is 409. The monoisotopic (exact) mass is 291 g/mol. The summed E-state index contributed by atoms with van der Waals surface area (Å²) in [5, 5.41) is 3.15. The predicted octanol–water partition coefficient (Wildman–Crippen LogP) is 1.81. The largest absolute Gasteiger partial charge is 0.492 e. The van der Waals surface area contributed by atoms with E-state index in [4.69, 9.17) is 4.74 Å². The maximum absolute atomic E-state index is 5.86. The van der Waals surface area contributed by atoms with Crippen molar-refractivity contribution in [1.29, 1.82) is 0 Å². The summed E-state index contributed by atoms with van der Waals surface area (Å²) >= 11 is 0. The second-order valence-corrected chi connectivity index (χ2v) is 6.15. The molecule has 2 rings (SSSR count). The van der Waals surface area contributed by atoms with E-state index in [0.717, 1.165) is 38.5 Å². The molecule has 2 atom stereocenters. The zero-order chi connectivity index (χ0) is 15.2. The fourth-order valence-electron chi connectivity index (χ4n) is 2.90. The van der Waals surface area contributed by atoms with Crippen molar-refractivity contribution in [2.45, 2.75) is 32.5 Å². The number of benzene rings is 1. The number of ether oxygens (including phenoxy) is 1. The van der Waals surface area contributed by atoms with E-state index in [0.29, 0.717) is 12.1 Å². The third-order valence-corrected chi connectivity index (χ3v) is 4.42. The molecule has 0 saturated carbocycles. The first kappa shape index (κ1) is 16.3. The van der Waals surface area contributed by atoms with E-state index in [9.17, 15) is 0 Å². The number of nitrogens with one attached hydrogen (secondary N) is 1. The molecule has 0 radical (unpaired) electrons. The first-order valence-electron chi connectivity index (χ1n) is 7.90. The zero-order valence-corrected chi connectivity index (χ0v) is 13.8. The summed E-state index contributed by atoms with van der Waals surface area (Å²) in [5.74, 6) is 0.963. The van der Waals surface area contributed by atoms with Crippen LogP contribution >= 0.6 is 0 Å². The Morgan fingerprint density at radius 2 is 1.76 bits per heavy atom. The molecule has 1 aromatic rings. The highest BCUT2D eigenvalue weighted by molar-refractivity contribution is 5.27. The molecular formula is C17H29N3O. The third-order valence-electron chi connectivity index (χ3n) is 4.42. The SMILES string of the molecule is CNCc1ccc(OCCN2CC(C)N(C)C(C)C2)cc1. The number of piperazine rings is 1. The maximum Gasteiger partial charge on any atom is 0.119 e. The van der Waals surface area contributed by atoms with Crippen LogP contribution < -0.4 is 10.1 Å². The lowest BCUT2D eigenvalue weighted by atomic mass is 10.1. The van der Waals surface area contributed by atoms with Gasteiger partial charge in [0.25, 0.3) is 0 Å². The van der Waals surface area contributed by atoms with Crippen LogP contribution in [0, 0.1) is 0 Å². The van der Waals surface area contributed by atoms with Crippen LogP contribution in [0.4, 0.5) is 0 Å². The molecule has 1 heterocycles. The first-order valence-corrected chi connectivity index (χ1v) is 7.90. The topological polar surface area (TPSA) is 27.7 Å². The summed E-state index contributed by atoms with van der Waals surface area (Å²) in [4.78, 5) is 4.96. The lowest BCUT2D eigenvalue weighted by molar-refractivity contribution is 0.0522. The Balaban J connectivity index is 1.74. The fraction of sp³-hybridized carbons (Fsp3) is 0.647. The van der Waals surface area contributed by atoms with Gasteiger partial charge in [0.1, 0.15) is 12.4 Å². The van der Waals surface area contributed by atoms with Gasteiger partial charge in [-0.15, -0.1) is 0 Å². The molecule has 4 heteroatoms. The Labute approximate surface area is 129 Å². The fourth-order valence-corrected chi connectivity index (χ4v) is 2.90. The molecule has 1 N–H and O–H groups in total. The van der Waals surface area contributed by atoms with Gasteiger partial charge < -0.3 is 10.1 Å². The Morgan fingerprint density at radius 1 is 1.14 bits per heavy atom. The van der Waals surface area contributed by atoms with Crippen molar-refractivity contribution < 1.29 is 4.74 Å². The van der Waals surface area contributed by atoms with Crippen LogP contribution in [0.2, 0.25) is 0 Å². The second kappa shape index (κ2) is 7.78. The average molecular weight is 291 g/mol. The van der Waals surface area contributed by atoms with Crippen molar-refractivity contribution in [2.75, 3.05) is 40.3 Å². The van der Waals surface area contributed by atoms with Crippen LogP contribution in [0.5, 0.6) is 5.75 Å². The summed E-state index contributed by atoms with van der Waals surface area (Å²) < 4.78 is 5.86. The number of hydrogen-bond acceptors (Lipinski definition) is 4. The molecule has 2 unspecified atom stereocenters. The van der Waals surface area contributed by atoms with Crippen molar-refractivity contribution in [3.8, 4) is 5.75 Å². The van der Waals surface area contributed by atoms with Crippen molar-refractivity contribution >= 4 is 0 Å². The molecule has 118 valence electrons. The molecule has 1 aromatic carbocycles. The molecule has 0 spiro atoms. The molecule has 21 heavy (non-hydrogen) atoms. The Morgan fingerprint density at radius 3 is 2.33 bits per heavy atom. The van der Waals surface area contributed by atoms with Gasteiger partial charge in [-0.05, 0) is 45.6 Å². The van der Waals surface area contributed by atoms with Gasteiger partial charge in [-0.25, -0.2) is 0 Å². The van der Waals surface area contributed by atoms with Gasteiger partial charge >= 0.3 is 0 Å². The Hall–Kier alpha value is -1.10. The molecule has 0 bridgehead atoms. The molecule has 1 fully saturated rings. The summed E-state index contributed by atoms with van der Waals surface area (Å²) in [7, 11) is 4.18. The van der Waals surface area contributed by atoms with Crippen molar-refractivity contribution in [2.24, 2.45) is 0 Å². The van der Waals surface area contributed by atoms with E-state index in [1.54, 1.807) is 0 Å². The van der Waals surface area contributed by atoms with E-state index in [1.807, 2.05) is 7.05 Å². The number of rotatable bonds is 6. The molecule has 4 nitrogen and oxygen atoms in total. The van der Waals surface area contributed by atoms with Crippen LogP contribution in [-0.4, -0.2) is 62.2 Å². The lowest BCUT2D eigenvalue weighted by Gasteiger charge is -2.42. The molecule has 1 saturated heterocycles. The molecule has 0 amide bonds. The quantitative estimate of drug-likeness (QED) is 0.865. The van der Waals surface area contributed by atoms with E-state index in [1.165, 1.54) is 5.56 Å². The standard InChI is InChI=1S/C17H29N3O/c1-14-12-20(13-15(2)19(14)4)9-10-21-17-7-5-16(6-8-17)11-18-3/h5-8,14-15,18H,9-13H2,1-4H3. The number of nitrogens with zero attached hydrogens (tertiary/aromatic N) is 2. The normalized spacial score (nSPS) is 24.2. The van der Waals surface area contributed by atoms with Crippen molar-refractivity contribution in [3.05, 3.63) is 29.8 Å². The molecule has 1 aliphatic heterocycles. The smallest absolute Gasteiger partial charge is 0.119 e. The van der Waals surface area contributed by atoms with Gasteiger partial charge in [-0.1, -0.05) is 12.1 Å². The lowest BCUT2D eigenvalue weighted by Crippen LogP contribution is -2.55. The highest BCUT2D eigenvalue weighted by Crippen LogP contribution is 2.14. The first-order chi connectivity index (χ1) is 10.1. The van der Waals surface area contributed by atoms with E-state index >= 15 is 0 Å². The summed E-state index contributed by atoms with van der Waals surface area (Å²) in [5.41, 5.74) is 1.28. The molecule has 0 aliphatic carbocycles. The maximum atomic E-state index is 5.86. The van der Waals surface area contributed by atoms with Gasteiger partial charge in [-0.2, -0.15) is 0 Å². The van der Waals surface area contributed by atoms with Crippen LogP contribution in [0.25, 0.3) is 0 Å². The predicted molar refractivity (Wildman–Crippen MR) is 87.8 cm³/mol. The van der Waals surface area contributed by atoms with Crippen LogP contribution in [0.3, 0.4) is 0 Å². The molecule has 0 aromatic heterocycles. The molecular weight excluding hydrogens is 262 g/mol. The number of likely N-dealkylation sites (N-methyl/N-ethyl adjacent to an activating group) is 1. The van der Waals surface area contributed by atoms with Crippen LogP contribution in [-0.2, 0) is 6.54 Å². The van der Waals surface area contributed by atoms with Crippen LogP contribution in [0.1, 0.15) is 19.4 Å². The minimum atomic E-state index is 0.620. The highest BCUT2D eigenvalue weighted by Gasteiger charge is 2.25. The van der Waals surface area contributed by atoms with Crippen LogP contribution in [0.15, 0.2) is 24.3 Å². The van der Waals surface area contributed by atoms with Gasteiger partial charge in [0.05, 0.1) is 0 Å². The van der Waals surface area contributed by atoms with Crippen molar-refractivity contribution in [1.82, 2.24) is 15.1 Å². The van der Waals surface area contributed by atoms with E-state index in [-0.39, 0.29) is 0 Å².